The van der Waals surface area contributed by atoms with Gasteiger partial charge < -0.3 is 5.32 Å². The molecular weight excluding hydrogens is 243 g/mol. The van der Waals surface area contributed by atoms with Crippen molar-refractivity contribution in [2.75, 3.05) is 0 Å². The van der Waals surface area contributed by atoms with Crippen molar-refractivity contribution in [1.29, 1.82) is 0 Å². The van der Waals surface area contributed by atoms with Crippen LogP contribution in [0.25, 0.3) is 0 Å². The second-order valence-corrected chi connectivity index (χ2v) is 4.30. The van der Waals surface area contributed by atoms with Crippen molar-refractivity contribution in [2.45, 2.75) is 18.6 Å². The molecule has 1 atom stereocenters. The van der Waals surface area contributed by atoms with E-state index in [0.29, 0.717) is 10.4 Å². The van der Waals surface area contributed by atoms with E-state index in [1.807, 2.05) is 5.32 Å². The van der Waals surface area contributed by atoms with Crippen LogP contribution in [0.15, 0.2) is 11.4 Å². The zero-order valence-corrected chi connectivity index (χ0v) is 8.61. The number of carbonyl (C=O) groups is 2. The summed E-state index contributed by atoms with van der Waals surface area (Å²) in [5.41, 5.74) is 0.414. The third kappa shape index (κ3) is 1.82. The van der Waals surface area contributed by atoms with Crippen molar-refractivity contribution in [2.24, 2.45) is 0 Å². The summed E-state index contributed by atoms with van der Waals surface area (Å²) in [6.07, 6.45) is -5.01. The Bertz CT molecular complexity index is 452. The molecule has 1 unspecified atom stereocenters. The molecule has 7 heteroatoms. The van der Waals surface area contributed by atoms with Crippen molar-refractivity contribution in [3.05, 3.63) is 21.9 Å². The second-order valence-electron chi connectivity index (χ2n) is 3.35. The lowest BCUT2D eigenvalue weighted by Crippen LogP contribution is -2.38. The summed E-state index contributed by atoms with van der Waals surface area (Å²) < 4.78 is 36.0. The highest BCUT2D eigenvalue weighted by molar-refractivity contribution is 7.10. The number of ketones is 1. The van der Waals surface area contributed by atoms with Crippen LogP contribution in [0.3, 0.4) is 0 Å². The minimum atomic E-state index is -4.91. The largest absolute Gasteiger partial charge is 0.471 e. The van der Waals surface area contributed by atoms with Gasteiger partial charge in [0.25, 0.3) is 0 Å². The average Bonchev–Trinajstić information content (AvgIpc) is 2.70. The van der Waals surface area contributed by atoms with Crippen LogP contribution >= 0.6 is 11.3 Å². The van der Waals surface area contributed by atoms with Crippen LogP contribution in [-0.4, -0.2) is 17.9 Å². The van der Waals surface area contributed by atoms with E-state index in [2.05, 4.69) is 0 Å². The van der Waals surface area contributed by atoms with Gasteiger partial charge in [-0.1, -0.05) is 0 Å². The van der Waals surface area contributed by atoms with Crippen molar-refractivity contribution >= 4 is 23.0 Å². The molecule has 16 heavy (non-hydrogen) atoms. The van der Waals surface area contributed by atoms with Crippen LogP contribution in [0.5, 0.6) is 0 Å². The van der Waals surface area contributed by atoms with Gasteiger partial charge >= 0.3 is 12.1 Å². The van der Waals surface area contributed by atoms with Gasteiger partial charge in [0.1, 0.15) is 0 Å². The Balaban J connectivity index is 2.16. The highest BCUT2D eigenvalue weighted by Gasteiger charge is 2.42. The standard InChI is InChI=1S/C9H6F3NO2S/c10-9(11,12)8(15)13-5-3-6(14)4-1-2-16-7(4)5/h1-2,5H,3H2,(H,13,15). The molecule has 0 bridgehead atoms. The van der Waals surface area contributed by atoms with Crippen LogP contribution in [0.1, 0.15) is 27.7 Å². The Morgan fingerprint density at radius 3 is 2.81 bits per heavy atom. The number of hydrogen-bond donors (Lipinski definition) is 1. The van der Waals surface area contributed by atoms with Crippen LogP contribution in [0.2, 0.25) is 0 Å². The molecule has 1 aromatic heterocycles. The number of amides is 1. The van der Waals surface area contributed by atoms with Gasteiger partial charge in [0.2, 0.25) is 0 Å². The van der Waals surface area contributed by atoms with Gasteiger partial charge in [-0.2, -0.15) is 13.2 Å². The smallest absolute Gasteiger partial charge is 0.340 e. The van der Waals surface area contributed by atoms with Crippen molar-refractivity contribution in [3.63, 3.8) is 0 Å². The van der Waals surface area contributed by atoms with Gasteiger partial charge in [-0.3, -0.25) is 9.59 Å². The number of alkyl halides is 3. The summed E-state index contributed by atoms with van der Waals surface area (Å²) in [5, 5.41) is 3.44. The first-order chi connectivity index (χ1) is 7.39. The zero-order valence-electron chi connectivity index (χ0n) is 7.80. The van der Waals surface area contributed by atoms with Gasteiger partial charge in [-0.05, 0) is 11.4 Å². The fraction of sp³-hybridized carbons (Fsp3) is 0.333. The van der Waals surface area contributed by atoms with Gasteiger partial charge in [0.15, 0.2) is 5.78 Å². The first-order valence-electron chi connectivity index (χ1n) is 4.38. The van der Waals surface area contributed by atoms with Gasteiger partial charge in [-0.25, -0.2) is 0 Å². The van der Waals surface area contributed by atoms with Crippen LogP contribution < -0.4 is 5.32 Å². The Labute approximate surface area is 92.3 Å². The molecule has 1 N–H and O–H groups in total. The predicted molar refractivity (Wildman–Crippen MR) is 50.2 cm³/mol. The van der Waals surface area contributed by atoms with Crippen molar-refractivity contribution < 1.29 is 22.8 Å². The Hall–Kier alpha value is -1.37. The molecule has 86 valence electrons. The monoisotopic (exact) mass is 249 g/mol. The number of thiophene rings is 1. The number of Topliss-reactive ketones (excluding diaryl/α,β-unsaturated/α-hetero) is 1. The molecule has 0 fully saturated rings. The van der Waals surface area contributed by atoms with Gasteiger partial charge in [0, 0.05) is 16.9 Å². The van der Waals surface area contributed by atoms with E-state index >= 15 is 0 Å². The molecule has 2 rings (SSSR count). The first-order valence-corrected chi connectivity index (χ1v) is 5.26. The molecule has 0 aromatic carbocycles. The zero-order chi connectivity index (χ0) is 11.9. The summed E-state index contributed by atoms with van der Waals surface area (Å²) in [4.78, 5) is 22.6. The van der Waals surface area contributed by atoms with Crippen molar-refractivity contribution in [3.8, 4) is 0 Å². The van der Waals surface area contributed by atoms with Crippen molar-refractivity contribution in [1.82, 2.24) is 5.32 Å². The molecular formula is C9H6F3NO2S. The Kier molecular flexibility index (Phi) is 2.49. The fourth-order valence-corrected chi connectivity index (χ4v) is 2.53. The Morgan fingerprint density at radius 1 is 1.50 bits per heavy atom. The molecule has 3 nitrogen and oxygen atoms in total. The lowest BCUT2D eigenvalue weighted by Gasteiger charge is -2.13. The van der Waals surface area contributed by atoms with Gasteiger partial charge in [0.05, 0.1) is 6.04 Å². The number of rotatable bonds is 1. The maximum absolute atomic E-state index is 12.0. The maximum Gasteiger partial charge on any atom is 0.471 e. The molecule has 0 radical (unpaired) electrons. The van der Waals surface area contributed by atoms with Crippen LogP contribution in [-0.2, 0) is 4.79 Å². The van der Waals surface area contributed by atoms with E-state index in [0.717, 1.165) is 0 Å². The lowest BCUT2D eigenvalue weighted by molar-refractivity contribution is -0.174. The summed E-state index contributed by atoms with van der Waals surface area (Å²) in [7, 11) is 0. The molecule has 0 saturated carbocycles. The second kappa shape index (κ2) is 3.58. The quantitative estimate of drug-likeness (QED) is 0.828. The average molecular weight is 249 g/mol. The molecule has 0 aliphatic heterocycles. The molecule has 0 saturated heterocycles. The van der Waals surface area contributed by atoms with E-state index < -0.39 is 18.1 Å². The van der Waals surface area contributed by atoms with E-state index in [9.17, 15) is 22.8 Å². The molecule has 1 aliphatic rings. The predicted octanol–water partition coefficient (Wildman–Crippen LogP) is 2.05. The van der Waals surface area contributed by atoms with Crippen LogP contribution in [0.4, 0.5) is 13.2 Å². The van der Waals surface area contributed by atoms with E-state index in [1.165, 1.54) is 11.3 Å². The summed E-state index contributed by atoms with van der Waals surface area (Å²) in [5.74, 6) is -2.24. The molecule has 1 amide bonds. The molecule has 1 aromatic rings. The fourth-order valence-electron chi connectivity index (χ4n) is 1.57. The maximum atomic E-state index is 12.0. The highest BCUT2D eigenvalue weighted by atomic mass is 32.1. The summed E-state index contributed by atoms with van der Waals surface area (Å²) >= 11 is 1.17. The summed E-state index contributed by atoms with van der Waals surface area (Å²) in [6.45, 7) is 0. The molecule has 1 aliphatic carbocycles. The number of nitrogens with one attached hydrogen (secondary N) is 1. The minimum Gasteiger partial charge on any atom is -0.340 e. The number of carbonyl (C=O) groups excluding carboxylic acids is 2. The number of hydrogen-bond acceptors (Lipinski definition) is 3. The molecule has 1 heterocycles. The van der Waals surface area contributed by atoms with E-state index in [-0.39, 0.29) is 12.2 Å². The lowest BCUT2D eigenvalue weighted by atomic mass is 10.2. The summed E-state index contributed by atoms with van der Waals surface area (Å²) in [6, 6.07) is 0.721. The molecule has 0 spiro atoms. The van der Waals surface area contributed by atoms with E-state index in [1.54, 1.807) is 11.4 Å². The highest BCUT2D eigenvalue weighted by Crippen LogP contribution is 2.35. The normalized spacial score (nSPS) is 19.7. The topological polar surface area (TPSA) is 46.2 Å². The number of fused-ring (bicyclic) bond motifs is 1. The first kappa shape index (κ1) is 11.1. The minimum absolute atomic E-state index is 0.0934. The third-order valence-corrected chi connectivity index (χ3v) is 3.29. The SMILES string of the molecule is O=C1CC(NC(=O)C(F)(F)F)c2sccc21. The number of halogens is 3. The Morgan fingerprint density at radius 2 is 2.19 bits per heavy atom. The van der Waals surface area contributed by atoms with Gasteiger partial charge in [-0.15, -0.1) is 11.3 Å². The third-order valence-electron chi connectivity index (χ3n) is 2.26. The van der Waals surface area contributed by atoms with E-state index in [4.69, 9.17) is 0 Å². The van der Waals surface area contributed by atoms with Crippen LogP contribution in [0, 0.1) is 0 Å².